The van der Waals surface area contributed by atoms with Gasteiger partial charge in [-0.2, -0.15) is 0 Å². The number of amides is 1. The highest BCUT2D eigenvalue weighted by molar-refractivity contribution is 5.77. The number of nitrogens with one attached hydrogen (secondary N) is 1. The molecule has 1 saturated heterocycles. The van der Waals surface area contributed by atoms with E-state index in [0.29, 0.717) is 18.5 Å². The second-order valence-electron chi connectivity index (χ2n) is 7.28. The fraction of sp³-hybridized carbons (Fsp3) is 0.706. The molecule has 0 atom stereocenters. The normalized spacial score (nSPS) is 17.6. The Balaban J connectivity index is 1.61. The van der Waals surface area contributed by atoms with Crippen molar-refractivity contribution in [2.24, 2.45) is 5.41 Å². The summed E-state index contributed by atoms with van der Waals surface area (Å²) in [5.74, 6) is 0.861. The molecule has 1 aromatic rings. The first kappa shape index (κ1) is 17.0. The maximum absolute atomic E-state index is 11.9. The molecule has 1 aromatic heterocycles. The van der Waals surface area contributed by atoms with Crippen LogP contribution in [0.2, 0.25) is 0 Å². The van der Waals surface area contributed by atoms with E-state index in [4.69, 9.17) is 4.42 Å². The minimum absolute atomic E-state index is 0.0690. The van der Waals surface area contributed by atoms with E-state index in [2.05, 4.69) is 35.9 Å². The third-order valence-corrected chi connectivity index (χ3v) is 4.05. The summed E-state index contributed by atoms with van der Waals surface area (Å²) in [6.07, 6.45) is 2.84. The highest BCUT2D eigenvalue weighted by Gasteiger charge is 2.20. The quantitative estimate of drug-likeness (QED) is 0.873. The zero-order valence-corrected chi connectivity index (χ0v) is 14.1. The molecule has 0 spiro atoms. The second-order valence-corrected chi connectivity index (χ2v) is 7.28. The Morgan fingerprint density at radius 2 is 1.91 bits per heavy atom. The lowest BCUT2D eigenvalue weighted by Gasteiger charge is -2.35. The summed E-state index contributed by atoms with van der Waals surface area (Å²) >= 11 is 0. The smallest absolute Gasteiger partial charge is 0.234 e. The largest absolute Gasteiger partial charge is 0.467 e. The predicted molar refractivity (Wildman–Crippen MR) is 87.5 cm³/mol. The van der Waals surface area contributed by atoms with Crippen LogP contribution in [0.4, 0.5) is 0 Å². The van der Waals surface area contributed by atoms with Crippen LogP contribution < -0.4 is 5.32 Å². The van der Waals surface area contributed by atoms with Gasteiger partial charge in [-0.3, -0.25) is 9.69 Å². The zero-order valence-electron chi connectivity index (χ0n) is 14.1. The molecule has 5 nitrogen and oxygen atoms in total. The van der Waals surface area contributed by atoms with Crippen molar-refractivity contribution in [2.45, 2.75) is 33.7 Å². The van der Waals surface area contributed by atoms with Crippen molar-refractivity contribution in [1.82, 2.24) is 15.1 Å². The van der Waals surface area contributed by atoms with Crippen molar-refractivity contribution < 1.29 is 9.21 Å². The molecule has 0 aliphatic carbocycles. The van der Waals surface area contributed by atoms with Crippen LogP contribution in [0, 0.1) is 5.41 Å². The van der Waals surface area contributed by atoms with E-state index in [1.165, 1.54) is 6.42 Å². The number of carbonyl (C=O) groups is 1. The Morgan fingerprint density at radius 1 is 1.23 bits per heavy atom. The first-order chi connectivity index (χ1) is 10.4. The molecule has 22 heavy (non-hydrogen) atoms. The van der Waals surface area contributed by atoms with Gasteiger partial charge in [0, 0.05) is 26.2 Å². The van der Waals surface area contributed by atoms with E-state index in [9.17, 15) is 4.79 Å². The molecule has 2 rings (SSSR count). The average Bonchev–Trinajstić information content (AvgIpc) is 2.97. The van der Waals surface area contributed by atoms with Gasteiger partial charge in [-0.15, -0.1) is 0 Å². The van der Waals surface area contributed by atoms with Crippen LogP contribution in [0.1, 0.15) is 33.0 Å². The molecular formula is C17H29N3O2. The summed E-state index contributed by atoms with van der Waals surface area (Å²) in [6.45, 7) is 13.0. The molecule has 1 aliphatic heterocycles. The number of hydrogen-bond acceptors (Lipinski definition) is 4. The Labute approximate surface area is 133 Å². The molecule has 0 unspecified atom stereocenters. The van der Waals surface area contributed by atoms with E-state index in [0.717, 1.165) is 38.5 Å². The SMILES string of the molecule is CC(C)(C)CCN1CCN(CC(=O)NCc2ccco2)CC1. The summed E-state index contributed by atoms with van der Waals surface area (Å²) in [4.78, 5) is 16.7. The minimum atomic E-state index is 0.0690. The first-order valence-corrected chi connectivity index (χ1v) is 8.16. The van der Waals surface area contributed by atoms with Gasteiger partial charge in [0.05, 0.1) is 19.4 Å². The molecule has 0 saturated carbocycles. The van der Waals surface area contributed by atoms with Crippen LogP contribution >= 0.6 is 0 Å². The maximum atomic E-state index is 11.9. The second kappa shape index (κ2) is 7.79. The third kappa shape index (κ3) is 6.20. The van der Waals surface area contributed by atoms with Gasteiger partial charge in [0.15, 0.2) is 0 Å². The standard InChI is InChI=1S/C17H29N3O2/c1-17(2,3)6-7-19-8-10-20(11-9-19)14-16(21)18-13-15-5-4-12-22-15/h4-5,12H,6-11,13-14H2,1-3H3,(H,18,21). The topological polar surface area (TPSA) is 48.7 Å². The third-order valence-electron chi connectivity index (χ3n) is 4.05. The Hall–Kier alpha value is -1.33. The zero-order chi connectivity index (χ0) is 16.0. The molecule has 124 valence electrons. The molecule has 0 radical (unpaired) electrons. The van der Waals surface area contributed by atoms with Gasteiger partial charge < -0.3 is 14.6 Å². The number of nitrogens with zero attached hydrogens (tertiary/aromatic N) is 2. The van der Waals surface area contributed by atoms with Gasteiger partial charge in [-0.05, 0) is 30.5 Å². The molecule has 0 bridgehead atoms. The van der Waals surface area contributed by atoms with E-state index >= 15 is 0 Å². The Bertz CT molecular complexity index is 443. The summed E-state index contributed by atoms with van der Waals surface area (Å²) < 4.78 is 5.21. The molecule has 2 heterocycles. The first-order valence-electron chi connectivity index (χ1n) is 8.16. The number of rotatable bonds is 6. The summed E-state index contributed by atoms with van der Waals surface area (Å²) in [6, 6.07) is 3.70. The lowest BCUT2D eigenvalue weighted by molar-refractivity contribution is -0.122. The van der Waals surface area contributed by atoms with Crippen molar-refractivity contribution in [3.05, 3.63) is 24.2 Å². The van der Waals surface area contributed by atoms with Crippen LogP contribution in [0.25, 0.3) is 0 Å². The van der Waals surface area contributed by atoms with Gasteiger partial charge in [-0.1, -0.05) is 20.8 Å². The van der Waals surface area contributed by atoms with E-state index in [1.54, 1.807) is 6.26 Å². The van der Waals surface area contributed by atoms with E-state index in [-0.39, 0.29) is 5.91 Å². The highest BCUT2D eigenvalue weighted by atomic mass is 16.3. The number of piperazine rings is 1. The monoisotopic (exact) mass is 307 g/mol. The lowest BCUT2D eigenvalue weighted by Crippen LogP contribution is -2.49. The predicted octanol–water partition coefficient (Wildman–Crippen LogP) is 1.95. The Morgan fingerprint density at radius 3 is 2.50 bits per heavy atom. The van der Waals surface area contributed by atoms with Gasteiger partial charge in [-0.25, -0.2) is 0 Å². The molecule has 1 fully saturated rings. The lowest BCUT2D eigenvalue weighted by atomic mass is 9.92. The van der Waals surface area contributed by atoms with E-state index < -0.39 is 0 Å². The van der Waals surface area contributed by atoms with Crippen LogP contribution in [-0.4, -0.2) is 55.0 Å². The number of hydrogen-bond donors (Lipinski definition) is 1. The minimum Gasteiger partial charge on any atom is -0.467 e. The molecule has 0 aromatic carbocycles. The van der Waals surface area contributed by atoms with Gasteiger partial charge in [0.25, 0.3) is 0 Å². The molecule has 1 aliphatic rings. The van der Waals surface area contributed by atoms with Crippen molar-refractivity contribution in [2.75, 3.05) is 39.3 Å². The van der Waals surface area contributed by atoms with Crippen molar-refractivity contribution in [3.63, 3.8) is 0 Å². The maximum Gasteiger partial charge on any atom is 0.234 e. The van der Waals surface area contributed by atoms with Crippen LogP contribution in [0.3, 0.4) is 0 Å². The summed E-state index contributed by atoms with van der Waals surface area (Å²) in [7, 11) is 0. The average molecular weight is 307 g/mol. The van der Waals surface area contributed by atoms with Crippen molar-refractivity contribution in [3.8, 4) is 0 Å². The summed E-state index contributed by atoms with van der Waals surface area (Å²) in [5, 5.41) is 2.90. The van der Waals surface area contributed by atoms with E-state index in [1.807, 2.05) is 12.1 Å². The Kier molecular flexibility index (Phi) is 6.03. The van der Waals surface area contributed by atoms with Crippen LogP contribution in [-0.2, 0) is 11.3 Å². The summed E-state index contributed by atoms with van der Waals surface area (Å²) in [5.41, 5.74) is 0.392. The van der Waals surface area contributed by atoms with Gasteiger partial charge in [0.2, 0.25) is 5.91 Å². The van der Waals surface area contributed by atoms with Crippen LogP contribution in [0.5, 0.6) is 0 Å². The van der Waals surface area contributed by atoms with Gasteiger partial charge in [0.1, 0.15) is 5.76 Å². The van der Waals surface area contributed by atoms with Crippen molar-refractivity contribution in [1.29, 1.82) is 0 Å². The number of carbonyl (C=O) groups excluding carboxylic acids is 1. The van der Waals surface area contributed by atoms with Gasteiger partial charge >= 0.3 is 0 Å². The highest BCUT2D eigenvalue weighted by Crippen LogP contribution is 2.19. The number of furan rings is 1. The van der Waals surface area contributed by atoms with Crippen LogP contribution in [0.15, 0.2) is 22.8 Å². The fourth-order valence-electron chi connectivity index (χ4n) is 2.52. The molecule has 1 amide bonds. The molecule has 1 N–H and O–H groups in total. The van der Waals surface area contributed by atoms with Crippen molar-refractivity contribution >= 4 is 5.91 Å². The molecular weight excluding hydrogens is 278 g/mol. The fourth-order valence-corrected chi connectivity index (χ4v) is 2.52. The molecule has 5 heteroatoms.